The Bertz CT molecular complexity index is 1490. The maximum absolute atomic E-state index is 13.1. The van der Waals surface area contributed by atoms with E-state index in [9.17, 15) is 29.4 Å². The van der Waals surface area contributed by atoms with E-state index >= 15 is 0 Å². The Balaban J connectivity index is 1.56. The van der Waals surface area contributed by atoms with Crippen LogP contribution in [0.3, 0.4) is 0 Å². The van der Waals surface area contributed by atoms with Crippen molar-refractivity contribution in [1.29, 1.82) is 0 Å². The van der Waals surface area contributed by atoms with Crippen molar-refractivity contribution >= 4 is 81.1 Å². The van der Waals surface area contributed by atoms with Gasteiger partial charge in [-0.1, -0.05) is 10.1 Å². The molecule has 2 aliphatic heterocycles. The molecule has 2 amide bonds. The van der Waals surface area contributed by atoms with Gasteiger partial charge in [-0.15, -0.1) is 27.8 Å². The number of hydrogen-bond donors (Lipinski definition) is 7. The van der Waals surface area contributed by atoms with Gasteiger partial charge in [0.2, 0.25) is 23.1 Å². The Morgan fingerprint density at radius 3 is 2.63 bits per heavy atom. The number of hydrazine groups is 1. The number of amides is 2. The van der Waals surface area contributed by atoms with E-state index in [-0.39, 0.29) is 62.5 Å². The van der Waals surface area contributed by atoms with Gasteiger partial charge in [0, 0.05) is 16.9 Å². The van der Waals surface area contributed by atoms with Crippen LogP contribution in [-0.4, -0.2) is 77.0 Å². The minimum atomic E-state index is -1.76. The van der Waals surface area contributed by atoms with Crippen LogP contribution in [0.4, 0.5) is 16.8 Å². The summed E-state index contributed by atoms with van der Waals surface area (Å²) in [6, 6.07) is 1.32. The Hall–Kier alpha value is -4.30. The normalized spacial score (nSPS) is 17.0. The average Bonchev–Trinajstić information content (AvgIpc) is 3.31. The lowest BCUT2D eigenvalue weighted by molar-refractivity contribution is -0.682. The van der Waals surface area contributed by atoms with Crippen molar-refractivity contribution in [2.75, 3.05) is 34.2 Å². The molecule has 218 valence electrons. The predicted octanol–water partition coefficient (Wildman–Crippen LogP) is -0.833. The zero-order chi connectivity index (χ0) is 30.1. The van der Waals surface area contributed by atoms with Gasteiger partial charge in [-0.3, -0.25) is 14.5 Å². The molecule has 0 radical (unpaired) electrons. The van der Waals surface area contributed by atoms with E-state index in [1.807, 2.05) is 0 Å². The molecule has 1 unspecified atom stereocenters. The van der Waals surface area contributed by atoms with E-state index < -0.39 is 23.4 Å². The molecule has 41 heavy (non-hydrogen) atoms. The second kappa shape index (κ2) is 11.7. The van der Waals surface area contributed by atoms with Crippen LogP contribution in [0, 0.1) is 0 Å². The summed E-state index contributed by atoms with van der Waals surface area (Å²) in [6.07, 6.45) is 0.288. The van der Waals surface area contributed by atoms with Crippen LogP contribution in [0.5, 0.6) is 0 Å². The molecule has 2 aromatic rings. The number of nitrogens with one attached hydrogen (secondary N) is 2. The van der Waals surface area contributed by atoms with Gasteiger partial charge in [-0.2, -0.15) is 5.53 Å². The minimum Gasteiger partial charge on any atom is -0.478 e. The van der Waals surface area contributed by atoms with Gasteiger partial charge in [-0.05, 0) is 31.2 Å². The molecule has 10 N–H and O–H groups in total. The van der Waals surface area contributed by atoms with E-state index in [1.165, 1.54) is 46.6 Å². The lowest BCUT2D eigenvalue weighted by Gasteiger charge is -2.43. The second-order valence-electron chi connectivity index (χ2n) is 8.99. The van der Waals surface area contributed by atoms with Crippen LogP contribution >= 0.6 is 34.9 Å². The highest BCUT2D eigenvalue weighted by Gasteiger charge is 2.45. The van der Waals surface area contributed by atoms with Crippen molar-refractivity contribution in [3.63, 3.8) is 0 Å². The Labute approximate surface area is 244 Å². The van der Waals surface area contributed by atoms with Crippen LogP contribution in [0.15, 0.2) is 33.0 Å². The van der Waals surface area contributed by atoms with Gasteiger partial charge in [0.05, 0.1) is 17.9 Å². The minimum absolute atomic E-state index is 0.0257. The number of anilines is 3. The SMILES string of the molecule is CC(C)(O/N=C(\C(=O)NN[n+]1c(N)cc(N)nc1SCC1=C(C(=O)O)N2C(=O)CC2SC1)c1csc(N)n1)C(=O)O. The number of thiazole rings is 1. The molecular formula is C21H25N10O7S3+. The molecule has 0 bridgehead atoms. The number of hydrogen-bond acceptors (Lipinski definition) is 15. The molecule has 17 nitrogen and oxygen atoms in total. The summed E-state index contributed by atoms with van der Waals surface area (Å²) in [7, 11) is 0. The first-order valence-electron chi connectivity index (χ1n) is 11.6. The standard InChI is InChI=1S/C21H24N10O7S3/c1-21(2,18(36)37)38-28-14(9-7-40-19(24)25-9)16(33)27-29-31-11(23)3-10(22)26-20(31)41-6-8-5-39-13-4-12(32)30(13)15(8)17(34)35/h3,7,13H,4-6H2,1-2H3,(H9,22,23,24,25,27,28,29,33,34,35,36,37)/p+1. The number of rotatable bonds is 11. The van der Waals surface area contributed by atoms with Gasteiger partial charge in [0.1, 0.15) is 11.4 Å². The summed E-state index contributed by atoms with van der Waals surface area (Å²) in [4.78, 5) is 63.1. The van der Waals surface area contributed by atoms with Crippen LogP contribution in [0.25, 0.3) is 0 Å². The first-order chi connectivity index (χ1) is 19.3. The van der Waals surface area contributed by atoms with Crippen LogP contribution in [0.1, 0.15) is 26.0 Å². The zero-order valence-electron chi connectivity index (χ0n) is 21.5. The van der Waals surface area contributed by atoms with Crippen molar-refractivity contribution in [2.45, 2.75) is 36.4 Å². The molecule has 0 spiro atoms. The number of carboxylic acid groups (broad SMARTS) is 2. The summed E-state index contributed by atoms with van der Waals surface area (Å²) < 4.78 is 1.18. The monoisotopic (exact) mass is 625 g/mol. The zero-order valence-corrected chi connectivity index (χ0v) is 23.9. The lowest BCUT2D eigenvalue weighted by atomic mass is 10.1. The maximum atomic E-state index is 13.1. The third-order valence-corrected chi connectivity index (χ3v) is 8.60. The van der Waals surface area contributed by atoms with Crippen LogP contribution in [0.2, 0.25) is 0 Å². The van der Waals surface area contributed by atoms with Crippen molar-refractivity contribution in [2.24, 2.45) is 5.16 Å². The fourth-order valence-corrected chi connectivity index (χ4v) is 6.37. The molecule has 1 fully saturated rings. The van der Waals surface area contributed by atoms with E-state index in [2.05, 4.69) is 26.1 Å². The maximum Gasteiger partial charge on any atom is 0.352 e. The number of fused-ring (bicyclic) bond motifs is 1. The van der Waals surface area contributed by atoms with Gasteiger partial charge in [0.15, 0.2) is 10.8 Å². The highest BCUT2D eigenvalue weighted by molar-refractivity contribution is 8.00. The number of carboxylic acids is 2. The molecule has 4 rings (SSSR count). The largest absolute Gasteiger partial charge is 0.478 e. The highest BCUT2D eigenvalue weighted by Crippen LogP contribution is 2.41. The molecule has 1 saturated heterocycles. The Morgan fingerprint density at radius 1 is 1.29 bits per heavy atom. The number of carbonyl (C=O) groups is 4. The molecule has 20 heteroatoms. The van der Waals surface area contributed by atoms with Crippen LogP contribution in [-0.2, 0) is 24.0 Å². The molecular weight excluding hydrogens is 600 g/mol. The summed E-state index contributed by atoms with van der Waals surface area (Å²) in [6.45, 7) is 2.49. The molecule has 2 aromatic heterocycles. The third-order valence-electron chi connectivity index (χ3n) is 5.62. The molecule has 2 aliphatic rings. The smallest absolute Gasteiger partial charge is 0.352 e. The van der Waals surface area contributed by atoms with Gasteiger partial charge < -0.3 is 32.3 Å². The van der Waals surface area contributed by atoms with Gasteiger partial charge in [-0.25, -0.2) is 20.0 Å². The average molecular weight is 626 g/mol. The van der Waals surface area contributed by atoms with E-state index in [4.69, 9.17) is 22.0 Å². The highest BCUT2D eigenvalue weighted by atomic mass is 32.2. The van der Waals surface area contributed by atoms with Gasteiger partial charge >= 0.3 is 17.1 Å². The quantitative estimate of drug-likeness (QED) is 0.0401. The Kier molecular flexibility index (Phi) is 8.44. The summed E-state index contributed by atoms with van der Waals surface area (Å²) in [5.74, 6) is -3.07. The predicted molar refractivity (Wildman–Crippen MR) is 150 cm³/mol. The molecule has 0 saturated carbocycles. The number of β-lactam (4-membered cyclic amide) rings is 1. The van der Waals surface area contributed by atoms with Crippen molar-refractivity contribution < 1.29 is 38.9 Å². The summed E-state index contributed by atoms with van der Waals surface area (Å²) in [5.41, 5.74) is 20.9. The number of nitrogen functional groups attached to an aromatic ring is 3. The fraction of sp³-hybridized carbons (Fsp3) is 0.333. The lowest BCUT2D eigenvalue weighted by Crippen LogP contribution is -2.58. The molecule has 0 aromatic carbocycles. The van der Waals surface area contributed by atoms with Crippen molar-refractivity contribution in [3.8, 4) is 0 Å². The third kappa shape index (κ3) is 6.38. The summed E-state index contributed by atoms with van der Waals surface area (Å²) >= 11 is 3.55. The number of aliphatic carboxylic acids is 2. The number of carbonyl (C=O) groups excluding carboxylic acids is 2. The van der Waals surface area contributed by atoms with E-state index in [1.54, 1.807) is 0 Å². The second-order valence-corrected chi connectivity index (χ2v) is 12.0. The summed E-state index contributed by atoms with van der Waals surface area (Å²) in [5, 5.41) is 24.3. The van der Waals surface area contributed by atoms with E-state index in [0.717, 1.165) is 23.1 Å². The van der Waals surface area contributed by atoms with Gasteiger partial charge in [0.25, 0.3) is 5.91 Å². The van der Waals surface area contributed by atoms with E-state index in [0.29, 0.717) is 11.3 Å². The van der Waals surface area contributed by atoms with Crippen LogP contribution < -0.4 is 32.8 Å². The van der Waals surface area contributed by atoms with Crippen molar-refractivity contribution in [3.05, 3.63) is 28.4 Å². The molecule has 4 heterocycles. The first kappa shape index (κ1) is 29.7. The molecule has 0 aliphatic carbocycles. The fourth-order valence-electron chi connectivity index (χ4n) is 3.43. The number of nitrogens with two attached hydrogens (primary N) is 3. The number of aromatic nitrogens is 3. The Morgan fingerprint density at radius 2 is 2.02 bits per heavy atom. The molecule has 1 atom stereocenters. The first-order valence-corrected chi connectivity index (χ1v) is 14.5. The van der Waals surface area contributed by atoms with Crippen molar-refractivity contribution in [1.82, 2.24) is 20.3 Å². The topological polar surface area (TPSA) is 265 Å². The number of oxime groups is 1. The number of thioether (sulfide) groups is 2. The number of nitrogens with zero attached hydrogens (tertiary/aromatic N) is 5.